The number of primary amides is 1. The molecule has 6 atom stereocenters. The highest BCUT2D eigenvalue weighted by atomic mass is 16.6. The molecule has 0 aliphatic carbocycles. The summed E-state index contributed by atoms with van der Waals surface area (Å²) in [7, 11) is 0. The van der Waals surface area contributed by atoms with E-state index in [1.807, 2.05) is 67.6 Å². The van der Waals surface area contributed by atoms with Crippen LogP contribution < -0.4 is 11.1 Å². The predicted octanol–water partition coefficient (Wildman–Crippen LogP) is 2.81. The topological polar surface area (TPSA) is 162 Å². The van der Waals surface area contributed by atoms with E-state index in [0.29, 0.717) is 6.42 Å². The van der Waals surface area contributed by atoms with Crippen LogP contribution in [0.4, 0.5) is 4.79 Å². The molecule has 10 heteroatoms. The monoisotopic (exact) mass is 599 g/mol. The fourth-order valence-corrected chi connectivity index (χ4v) is 5.06. The molecule has 0 saturated heterocycles. The number of nitrogens with two attached hydrogens (primary N) is 1. The summed E-state index contributed by atoms with van der Waals surface area (Å²) in [4.78, 5) is 41.0. The molecule has 0 fully saturated rings. The Labute approximate surface area is 255 Å². The number of hydrogen-bond acceptors (Lipinski definition) is 7. The van der Waals surface area contributed by atoms with Crippen molar-refractivity contribution in [3.05, 3.63) is 71.8 Å². The van der Waals surface area contributed by atoms with Crippen molar-refractivity contribution in [1.82, 2.24) is 10.2 Å². The second-order valence-electron chi connectivity index (χ2n) is 12.2. The Bertz CT molecular complexity index is 1140. The molecule has 0 saturated carbocycles. The Hall–Kier alpha value is -3.47. The van der Waals surface area contributed by atoms with Gasteiger partial charge in [0.2, 0.25) is 11.8 Å². The Morgan fingerprint density at radius 3 is 1.95 bits per heavy atom. The fraction of sp³-hybridized carbons (Fsp3) is 0.545. The van der Waals surface area contributed by atoms with Gasteiger partial charge in [-0.15, -0.1) is 0 Å². The van der Waals surface area contributed by atoms with Crippen LogP contribution in [0.5, 0.6) is 0 Å². The number of rotatable bonds is 16. The molecule has 0 aliphatic heterocycles. The van der Waals surface area contributed by atoms with Crippen molar-refractivity contribution < 1.29 is 34.4 Å². The molecule has 2 aromatic rings. The summed E-state index contributed by atoms with van der Waals surface area (Å²) in [5.41, 5.74) is 6.71. The van der Waals surface area contributed by atoms with Gasteiger partial charge in [-0.25, -0.2) is 4.79 Å². The fourth-order valence-electron chi connectivity index (χ4n) is 5.06. The van der Waals surface area contributed by atoms with Gasteiger partial charge >= 0.3 is 6.09 Å². The summed E-state index contributed by atoms with van der Waals surface area (Å²) in [5.74, 6) is -2.39. The number of carbonyl (C=O) groups excluding carboxylic acids is 3. The van der Waals surface area contributed by atoms with Crippen molar-refractivity contribution in [2.45, 2.75) is 90.2 Å². The minimum atomic E-state index is -1.29. The first-order valence-electron chi connectivity index (χ1n) is 14.9. The zero-order valence-corrected chi connectivity index (χ0v) is 26.0. The number of nitrogens with zero attached hydrogens (tertiary/aromatic N) is 1. The Morgan fingerprint density at radius 1 is 0.953 bits per heavy atom. The van der Waals surface area contributed by atoms with Crippen molar-refractivity contribution in [3.8, 4) is 0 Å². The number of benzene rings is 2. The average Bonchev–Trinajstić information content (AvgIpc) is 2.95. The molecular weight excluding hydrogens is 550 g/mol. The van der Waals surface area contributed by atoms with Crippen LogP contribution in [-0.2, 0) is 27.2 Å². The van der Waals surface area contributed by atoms with Gasteiger partial charge in [0, 0.05) is 12.5 Å². The third kappa shape index (κ3) is 12.0. The molecule has 0 radical (unpaired) electrons. The molecule has 4 unspecified atom stereocenters. The second kappa shape index (κ2) is 17.0. The summed E-state index contributed by atoms with van der Waals surface area (Å²) in [6.45, 7) is 7.97. The lowest BCUT2D eigenvalue weighted by molar-refractivity contribution is -0.147. The van der Waals surface area contributed by atoms with Crippen molar-refractivity contribution in [2.24, 2.45) is 17.6 Å². The summed E-state index contributed by atoms with van der Waals surface area (Å²) in [6, 6.07) is 16.8. The maximum Gasteiger partial charge on any atom is 0.407 e. The number of amides is 3. The van der Waals surface area contributed by atoms with Gasteiger partial charge in [0.15, 0.2) is 0 Å². The lowest BCUT2D eigenvalue weighted by Crippen LogP contribution is -2.56. The smallest absolute Gasteiger partial charge is 0.407 e. The zero-order chi connectivity index (χ0) is 32.2. The van der Waals surface area contributed by atoms with E-state index >= 15 is 0 Å². The van der Waals surface area contributed by atoms with E-state index in [1.165, 1.54) is 4.90 Å². The molecule has 0 aliphatic rings. The summed E-state index contributed by atoms with van der Waals surface area (Å²) in [5, 5.41) is 34.3. The minimum absolute atomic E-state index is 0.0707. The first-order valence-corrected chi connectivity index (χ1v) is 14.9. The average molecular weight is 600 g/mol. The van der Waals surface area contributed by atoms with Crippen molar-refractivity contribution >= 4 is 17.9 Å². The number of ether oxygens (including phenoxy) is 1. The van der Waals surface area contributed by atoms with Crippen LogP contribution in [0.25, 0.3) is 0 Å². The molecule has 2 aromatic carbocycles. The highest BCUT2D eigenvalue weighted by molar-refractivity contribution is 5.88. The number of carbonyl (C=O) groups is 3. The van der Waals surface area contributed by atoms with Crippen LogP contribution in [0, 0.1) is 11.8 Å². The van der Waals surface area contributed by atoms with Gasteiger partial charge in [0.1, 0.15) is 11.6 Å². The van der Waals surface area contributed by atoms with E-state index in [-0.39, 0.29) is 31.7 Å². The van der Waals surface area contributed by atoms with Crippen LogP contribution in [0.3, 0.4) is 0 Å². The lowest BCUT2D eigenvalue weighted by atomic mass is 9.87. The van der Waals surface area contributed by atoms with Crippen molar-refractivity contribution in [3.63, 3.8) is 0 Å². The normalized spacial score (nSPS) is 15.8. The van der Waals surface area contributed by atoms with Crippen LogP contribution in [-0.4, -0.2) is 81.2 Å². The number of aliphatic hydroxyl groups is 3. The maximum absolute atomic E-state index is 14.3. The maximum atomic E-state index is 14.3. The quantitative estimate of drug-likeness (QED) is 0.198. The number of nitrogens with one attached hydrogen (secondary N) is 1. The third-order valence-corrected chi connectivity index (χ3v) is 7.38. The minimum Gasteiger partial charge on any atom is -0.444 e. The molecule has 238 valence electrons. The molecule has 3 amide bonds. The van der Waals surface area contributed by atoms with Gasteiger partial charge < -0.3 is 36.0 Å². The molecule has 0 bridgehead atoms. The molecule has 43 heavy (non-hydrogen) atoms. The summed E-state index contributed by atoms with van der Waals surface area (Å²) >= 11 is 0. The van der Waals surface area contributed by atoms with Crippen LogP contribution in [0.1, 0.15) is 58.6 Å². The molecule has 0 spiro atoms. The first-order chi connectivity index (χ1) is 20.2. The lowest BCUT2D eigenvalue weighted by Gasteiger charge is -2.37. The third-order valence-electron chi connectivity index (χ3n) is 7.38. The van der Waals surface area contributed by atoms with Crippen molar-refractivity contribution in [1.29, 1.82) is 0 Å². The van der Waals surface area contributed by atoms with Gasteiger partial charge in [0.25, 0.3) is 0 Å². The first kappa shape index (κ1) is 35.7. The second-order valence-corrected chi connectivity index (χ2v) is 12.2. The predicted molar refractivity (Wildman–Crippen MR) is 165 cm³/mol. The number of hydrogen-bond donors (Lipinski definition) is 5. The molecule has 0 aromatic heterocycles. The van der Waals surface area contributed by atoms with Gasteiger partial charge in [-0.1, -0.05) is 80.9 Å². The van der Waals surface area contributed by atoms with E-state index in [9.17, 15) is 29.7 Å². The van der Waals surface area contributed by atoms with E-state index in [2.05, 4.69) is 5.32 Å². The van der Waals surface area contributed by atoms with E-state index < -0.39 is 60.3 Å². The van der Waals surface area contributed by atoms with Crippen molar-refractivity contribution in [2.75, 3.05) is 13.2 Å². The summed E-state index contributed by atoms with van der Waals surface area (Å²) in [6.07, 6.45) is -2.22. The highest BCUT2D eigenvalue weighted by Crippen LogP contribution is 2.25. The van der Waals surface area contributed by atoms with E-state index in [1.54, 1.807) is 27.7 Å². The van der Waals surface area contributed by atoms with Gasteiger partial charge in [-0.2, -0.15) is 0 Å². The summed E-state index contributed by atoms with van der Waals surface area (Å²) < 4.78 is 5.46. The number of aliphatic hydroxyl groups excluding tert-OH is 3. The Kier molecular flexibility index (Phi) is 14.1. The number of alkyl carbamates (subject to hydrolysis) is 1. The standard InChI is InChI=1S/C33H49N3O7/c1-6-22(2)29(30(34)40)36(20-26(38)21-37)31(41)25(17-23-13-9-7-10-14-23)19-28(39)27(18-24-15-11-8-12-16-24)35-32(42)43-33(3,4)5/h7-16,22,25-29,37-39H,6,17-21H2,1-5H3,(H2,34,40)(H,35,42)/t22-,25?,26?,27?,28?,29-/m0/s1. The highest BCUT2D eigenvalue weighted by Gasteiger charge is 2.38. The largest absolute Gasteiger partial charge is 0.444 e. The Morgan fingerprint density at radius 2 is 1.49 bits per heavy atom. The van der Waals surface area contributed by atoms with Gasteiger partial charge in [-0.3, -0.25) is 9.59 Å². The molecule has 0 heterocycles. The zero-order valence-electron chi connectivity index (χ0n) is 26.0. The van der Waals surface area contributed by atoms with Crippen LogP contribution in [0.2, 0.25) is 0 Å². The van der Waals surface area contributed by atoms with Crippen LogP contribution in [0.15, 0.2) is 60.7 Å². The van der Waals surface area contributed by atoms with Gasteiger partial charge in [-0.05, 0) is 57.1 Å². The molecular formula is C33H49N3O7. The molecule has 10 nitrogen and oxygen atoms in total. The van der Waals surface area contributed by atoms with Gasteiger partial charge in [0.05, 0.1) is 24.9 Å². The molecule has 2 rings (SSSR count). The van der Waals surface area contributed by atoms with Crippen LogP contribution >= 0.6 is 0 Å². The van der Waals surface area contributed by atoms with E-state index in [4.69, 9.17) is 10.5 Å². The SMILES string of the molecule is CC[C@H](C)[C@@H](C(N)=O)N(CC(O)CO)C(=O)C(Cc1ccccc1)CC(O)C(Cc1ccccc1)NC(=O)OC(C)(C)C. The Balaban J connectivity index is 2.49. The molecule has 6 N–H and O–H groups in total. The van der Waals surface area contributed by atoms with E-state index in [0.717, 1.165) is 11.1 Å².